The monoisotopic (exact) mass is 252 g/mol. The van der Waals surface area contributed by atoms with Gasteiger partial charge in [-0.25, -0.2) is 9.37 Å². The number of hydrogen-bond donors (Lipinski definition) is 2. The zero-order valence-corrected chi connectivity index (χ0v) is 9.79. The molecule has 0 aliphatic rings. The smallest absolute Gasteiger partial charge is 0.229 e. The Morgan fingerprint density at radius 3 is 2.71 bits per heavy atom. The summed E-state index contributed by atoms with van der Waals surface area (Å²) in [7, 11) is 0. The summed E-state index contributed by atoms with van der Waals surface area (Å²) in [4.78, 5) is 8.14. The van der Waals surface area contributed by atoms with E-state index in [1.165, 1.54) is 12.1 Å². The van der Waals surface area contributed by atoms with Crippen molar-refractivity contribution in [1.82, 2.24) is 9.97 Å². The van der Waals surface area contributed by atoms with Crippen LogP contribution >= 0.6 is 11.6 Å². The van der Waals surface area contributed by atoms with Gasteiger partial charge >= 0.3 is 0 Å². The van der Waals surface area contributed by atoms with Crippen LogP contribution in [0.1, 0.15) is 5.69 Å². The summed E-state index contributed by atoms with van der Waals surface area (Å²) in [6.07, 6.45) is 0. The summed E-state index contributed by atoms with van der Waals surface area (Å²) >= 11 is 5.66. The fourth-order valence-corrected chi connectivity index (χ4v) is 1.53. The zero-order valence-electron chi connectivity index (χ0n) is 9.04. The standard InChI is InChI=1S/C11H10ClFN4/c1-6-4-10(14)17-11(15-6)16-7-2-3-9(13)8(12)5-7/h2-5H,1H3,(H3,14,15,16,17). The van der Waals surface area contributed by atoms with E-state index in [9.17, 15) is 4.39 Å². The molecule has 0 amide bonds. The van der Waals surface area contributed by atoms with Gasteiger partial charge in [-0.2, -0.15) is 4.98 Å². The number of nitrogens with zero attached hydrogens (tertiary/aromatic N) is 2. The minimum Gasteiger partial charge on any atom is -0.384 e. The Bertz CT molecular complexity index is 539. The first-order chi connectivity index (χ1) is 8.04. The van der Waals surface area contributed by atoms with Crippen molar-refractivity contribution in [3.63, 3.8) is 0 Å². The molecule has 0 radical (unpaired) electrons. The van der Waals surface area contributed by atoms with Crippen LogP contribution in [-0.2, 0) is 0 Å². The molecule has 0 spiro atoms. The van der Waals surface area contributed by atoms with Gasteiger partial charge in [0, 0.05) is 17.4 Å². The maximum absolute atomic E-state index is 13.0. The molecule has 88 valence electrons. The summed E-state index contributed by atoms with van der Waals surface area (Å²) in [5, 5.41) is 2.94. The molecule has 0 unspecified atom stereocenters. The topological polar surface area (TPSA) is 63.8 Å². The quantitative estimate of drug-likeness (QED) is 0.863. The number of halogens is 2. The first-order valence-corrected chi connectivity index (χ1v) is 5.25. The van der Waals surface area contributed by atoms with Crippen molar-refractivity contribution in [3.8, 4) is 0 Å². The minimum absolute atomic E-state index is 0.0376. The highest BCUT2D eigenvalue weighted by atomic mass is 35.5. The normalized spacial score (nSPS) is 10.3. The fourth-order valence-electron chi connectivity index (χ4n) is 1.35. The van der Waals surface area contributed by atoms with E-state index in [0.717, 1.165) is 5.69 Å². The maximum atomic E-state index is 13.0. The third-order valence-corrected chi connectivity index (χ3v) is 2.34. The van der Waals surface area contributed by atoms with Gasteiger partial charge < -0.3 is 11.1 Å². The molecular weight excluding hydrogens is 243 g/mol. The molecule has 6 heteroatoms. The molecule has 0 bridgehead atoms. The van der Waals surface area contributed by atoms with Crippen LogP contribution in [-0.4, -0.2) is 9.97 Å². The van der Waals surface area contributed by atoms with Crippen molar-refractivity contribution < 1.29 is 4.39 Å². The van der Waals surface area contributed by atoms with Crippen LogP contribution in [0, 0.1) is 12.7 Å². The van der Waals surface area contributed by atoms with E-state index < -0.39 is 5.82 Å². The molecule has 0 atom stereocenters. The first kappa shape index (κ1) is 11.6. The molecule has 4 nitrogen and oxygen atoms in total. The molecule has 0 saturated carbocycles. The lowest BCUT2D eigenvalue weighted by Gasteiger charge is -2.06. The molecule has 3 N–H and O–H groups in total. The summed E-state index contributed by atoms with van der Waals surface area (Å²) in [5.74, 6) is 0.250. The number of rotatable bonds is 2. The average Bonchev–Trinajstić information content (AvgIpc) is 2.22. The van der Waals surface area contributed by atoms with E-state index >= 15 is 0 Å². The highest BCUT2D eigenvalue weighted by Gasteiger charge is 2.03. The third kappa shape index (κ3) is 2.82. The van der Waals surface area contributed by atoms with Gasteiger partial charge in [0.25, 0.3) is 0 Å². The predicted molar refractivity (Wildman–Crippen MR) is 65.9 cm³/mol. The van der Waals surface area contributed by atoms with Gasteiger partial charge in [-0.15, -0.1) is 0 Å². The predicted octanol–water partition coefficient (Wildman–Crippen LogP) is 2.90. The number of nitrogens with two attached hydrogens (primary N) is 1. The average molecular weight is 253 g/mol. The van der Waals surface area contributed by atoms with Gasteiger partial charge in [0.05, 0.1) is 5.02 Å². The van der Waals surface area contributed by atoms with Gasteiger partial charge in [-0.05, 0) is 25.1 Å². The van der Waals surface area contributed by atoms with E-state index in [1.807, 2.05) is 0 Å². The van der Waals surface area contributed by atoms with Gasteiger partial charge in [0.1, 0.15) is 11.6 Å². The molecule has 0 fully saturated rings. The Balaban J connectivity index is 2.28. The van der Waals surface area contributed by atoms with E-state index in [1.54, 1.807) is 19.1 Å². The Morgan fingerprint density at radius 1 is 1.29 bits per heavy atom. The third-order valence-electron chi connectivity index (χ3n) is 2.05. The molecule has 0 saturated heterocycles. The first-order valence-electron chi connectivity index (χ1n) is 4.88. The van der Waals surface area contributed by atoms with Crippen LogP contribution in [0.25, 0.3) is 0 Å². The zero-order chi connectivity index (χ0) is 12.4. The summed E-state index contributed by atoms with van der Waals surface area (Å²) < 4.78 is 13.0. The van der Waals surface area contributed by atoms with E-state index in [2.05, 4.69) is 15.3 Å². The van der Waals surface area contributed by atoms with Crippen molar-refractivity contribution in [2.24, 2.45) is 0 Å². The number of aryl methyl sites for hydroxylation is 1. The van der Waals surface area contributed by atoms with Gasteiger partial charge in [-0.1, -0.05) is 11.6 Å². The second-order valence-electron chi connectivity index (χ2n) is 3.51. The van der Waals surface area contributed by atoms with Crippen LogP contribution in [0.15, 0.2) is 24.3 Å². The molecular formula is C11H10ClFN4. The van der Waals surface area contributed by atoms with Gasteiger partial charge in [0.2, 0.25) is 5.95 Å². The summed E-state index contributed by atoms with van der Waals surface area (Å²) in [6, 6.07) is 5.93. The molecule has 1 aromatic carbocycles. The number of hydrogen-bond acceptors (Lipinski definition) is 4. The Morgan fingerprint density at radius 2 is 2.06 bits per heavy atom. The van der Waals surface area contributed by atoms with E-state index in [-0.39, 0.29) is 5.02 Å². The van der Waals surface area contributed by atoms with Crippen molar-refractivity contribution in [2.45, 2.75) is 6.92 Å². The van der Waals surface area contributed by atoms with Crippen LogP contribution in [0.2, 0.25) is 5.02 Å². The second kappa shape index (κ2) is 4.55. The van der Waals surface area contributed by atoms with Crippen molar-refractivity contribution in [1.29, 1.82) is 0 Å². The second-order valence-corrected chi connectivity index (χ2v) is 3.92. The van der Waals surface area contributed by atoms with Crippen LogP contribution in [0.5, 0.6) is 0 Å². The maximum Gasteiger partial charge on any atom is 0.229 e. The molecule has 1 heterocycles. The highest BCUT2D eigenvalue weighted by Crippen LogP contribution is 2.21. The number of nitrogens with one attached hydrogen (secondary N) is 1. The summed E-state index contributed by atoms with van der Waals surface area (Å²) in [5.41, 5.74) is 6.93. The van der Waals surface area contributed by atoms with Crippen LogP contribution < -0.4 is 11.1 Å². The number of benzene rings is 1. The number of anilines is 3. The molecule has 0 aliphatic heterocycles. The van der Waals surface area contributed by atoms with Crippen LogP contribution in [0.4, 0.5) is 21.8 Å². The largest absolute Gasteiger partial charge is 0.384 e. The molecule has 2 rings (SSSR count). The SMILES string of the molecule is Cc1cc(N)nc(Nc2ccc(F)c(Cl)c2)n1. The van der Waals surface area contributed by atoms with Crippen molar-refractivity contribution >= 4 is 29.1 Å². The Kier molecular flexibility index (Phi) is 3.10. The van der Waals surface area contributed by atoms with Crippen LogP contribution in [0.3, 0.4) is 0 Å². The van der Waals surface area contributed by atoms with E-state index in [4.69, 9.17) is 17.3 Å². The summed E-state index contributed by atoms with van der Waals surface area (Å²) in [6.45, 7) is 1.81. The molecule has 1 aromatic heterocycles. The van der Waals surface area contributed by atoms with Crippen molar-refractivity contribution in [2.75, 3.05) is 11.1 Å². The number of aromatic nitrogens is 2. The molecule has 17 heavy (non-hydrogen) atoms. The number of nitrogen functional groups attached to an aromatic ring is 1. The highest BCUT2D eigenvalue weighted by molar-refractivity contribution is 6.31. The van der Waals surface area contributed by atoms with Crippen molar-refractivity contribution in [3.05, 3.63) is 40.8 Å². The Hall–Kier alpha value is -1.88. The fraction of sp³-hybridized carbons (Fsp3) is 0.0909. The van der Waals surface area contributed by atoms with Gasteiger partial charge in [-0.3, -0.25) is 0 Å². The lowest BCUT2D eigenvalue weighted by Crippen LogP contribution is -2.01. The van der Waals surface area contributed by atoms with E-state index in [0.29, 0.717) is 17.5 Å². The lowest BCUT2D eigenvalue weighted by molar-refractivity contribution is 0.628. The molecule has 2 aromatic rings. The van der Waals surface area contributed by atoms with Gasteiger partial charge in [0.15, 0.2) is 0 Å². The Labute approximate surface area is 103 Å². The lowest BCUT2D eigenvalue weighted by atomic mass is 10.3. The molecule has 0 aliphatic carbocycles. The minimum atomic E-state index is -0.470.